The molecule has 0 aliphatic rings. The number of hydrogen-bond acceptors (Lipinski definition) is 3. The van der Waals surface area contributed by atoms with Crippen molar-refractivity contribution in [1.82, 2.24) is 4.98 Å². The van der Waals surface area contributed by atoms with Gasteiger partial charge in [-0.3, -0.25) is 0 Å². The molecule has 2 aromatic rings. The molecule has 1 heterocycles. The van der Waals surface area contributed by atoms with E-state index in [2.05, 4.69) is 45.2 Å². The van der Waals surface area contributed by atoms with Crippen molar-refractivity contribution in [2.24, 2.45) is 0 Å². The van der Waals surface area contributed by atoms with Gasteiger partial charge in [-0.1, -0.05) is 44.9 Å². The molecule has 4 heteroatoms. The average molecular weight is 312 g/mol. The van der Waals surface area contributed by atoms with Crippen LogP contribution in [0.1, 0.15) is 5.56 Å². The number of nitrogens with zero attached hydrogens (tertiary/aromatic N) is 1. The van der Waals surface area contributed by atoms with Crippen molar-refractivity contribution in [3.63, 3.8) is 0 Å². The molecule has 0 fully saturated rings. The van der Waals surface area contributed by atoms with Crippen LogP contribution < -0.4 is 0 Å². The summed E-state index contributed by atoms with van der Waals surface area (Å²) >= 11 is 3.44. The van der Waals surface area contributed by atoms with Gasteiger partial charge >= 0.3 is 0 Å². The highest BCUT2D eigenvalue weighted by molar-refractivity contribution is 9.08. The molecule has 0 unspecified atom stereocenters. The van der Waals surface area contributed by atoms with Crippen LogP contribution >= 0.6 is 37.5 Å². The Labute approximate surface area is 112 Å². The van der Waals surface area contributed by atoms with Crippen LogP contribution in [0.5, 0.6) is 0 Å². The molecular weight excluding hydrogens is 302 g/mol. The molecular formula is C12H10BrNS2. The van der Waals surface area contributed by atoms with Gasteiger partial charge in [-0.15, -0.1) is 0 Å². The zero-order chi connectivity index (χ0) is 11.2. The maximum atomic E-state index is 4.26. The molecule has 0 amide bonds. The lowest BCUT2D eigenvalue weighted by molar-refractivity contribution is 1.14. The highest BCUT2D eigenvalue weighted by atomic mass is 79.9. The van der Waals surface area contributed by atoms with E-state index in [9.17, 15) is 0 Å². The van der Waals surface area contributed by atoms with Gasteiger partial charge in [0.05, 0.1) is 0 Å². The Kier molecular flexibility index (Phi) is 4.75. The molecule has 0 aliphatic carbocycles. The van der Waals surface area contributed by atoms with Crippen molar-refractivity contribution in [2.45, 2.75) is 15.3 Å². The van der Waals surface area contributed by atoms with E-state index in [0.717, 1.165) is 10.4 Å². The van der Waals surface area contributed by atoms with Crippen molar-refractivity contribution < 1.29 is 0 Å². The fraction of sp³-hybridized carbons (Fsp3) is 0.0833. The number of rotatable bonds is 4. The monoisotopic (exact) mass is 311 g/mol. The number of benzene rings is 1. The van der Waals surface area contributed by atoms with Gasteiger partial charge in [0, 0.05) is 16.4 Å². The standard InChI is InChI=1S/C12H10BrNS2/c13-9-10-4-6-11(7-5-10)15-16-12-3-1-2-8-14-12/h1-8H,9H2. The number of hydrogen-bond donors (Lipinski definition) is 0. The predicted molar refractivity (Wildman–Crippen MR) is 75.0 cm³/mol. The Balaban J connectivity index is 1.94. The first-order valence-corrected chi connectivity index (χ1v) is 8.06. The van der Waals surface area contributed by atoms with Crippen molar-refractivity contribution in [3.05, 3.63) is 54.2 Å². The minimum Gasteiger partial charge on any atom is -0.249 e. The Morgan fingerprint density at radius 3 is 2.44 bits per heavy atom. The zero-order valence-corrected chi connectivity index (χ0v) is 11.7. The van der Waals surface area contributed by atoms with Crippen LogP contribution in [0, 0.1) is 0 Å². The van der Waals surface area contributed by atoms with Gasteiger partial charge in [-0.25, -0.2) is 4.98 Å². The predicted octanol–water partition coefficient (Wildman–Crippen LogP) is 4.78. The van der Waals surface area contributed by atoms with E-state index in [4.69, 9.17) is 0 Å². The Morgan fingerprint density at radius 2 is 1.81 bits per heavy atom. The first-order valence-electron chi connectivity index (χ1n) is 4.79. The van der Waals surface area contributed by atoms with Gasteiger partial charge in [0.25, 0.3) is 0 Å². The second-order valence-electron chi connectivity index (χ2n) is 3.11. The molecule has 82 valence electrons. The highest BCUT2D eigenvalue weighted by Crippen LogP contribution is 2.35. The highest BCUT2D eigenvalue weighted by Gasteiger charge is 1.98. The quantitative estimate of drug-likeness (QED) is 0.596. The number of halogens is 1. The first kappa shape index (κ1) is 12.0. The molecule has 1 aromatic carbocycles. The molecule has 0 N–H and O–H groups in total. The van der Waals surface area contributed by atoms with E-state index in [1.165, 1.54) is 10.5 Å². The summed E-state index contributed by atoms with van der Waals surface area (Å²) in [5.41, 5.74) is 1.30. The van der Waals surface area contributed by atoms with Crippen LogP contribution in [-0.4, -0.2) is 4.98 Å². The second kappa shape index (κ2) is 6.33. The molecule has 0 atom stereocenters. The number of alkyl halides is 1. The molecule has 0 spiro atoms. The second-order valence-corrected chi connectivity index (χ2v) is 5.90. The largest absolute Gasteiger partial charge is 0.249 e. The van der Waals surface area contributed by atoms with Crippen LogP contribution in [0.2, 0.25) is 0 Å². The summed E-state index contributed by atoms with van der Waals surface area (Å²) in [6, 6.07) is 14.5. The summed E-state index contributed by atoms with van der Waals surface area (Å²) in [6.07, 6.45) is 1.82. The molecule has 0 aliphatic heterocycles. The smallest absolute Gasteiger partial charge is 0.107 e. The Hall–Kier alpha value is -0.450. The van der Waals surface area contributed by atoms with Crippen LogP contribution in [0.4, 0.5) is 0 Å². The first-order chi connectivity index (χ1) is 7.88. The van der Waals surface area contributed by atoms with E-state index >= 15 is 0 Å². The van der Waals surface area contributed by atoms with Crippen LogP contribution in [0.25, 0.3) is 0 Å². The lowest BCUT2D eigenvalue weighted by Crippen LogP contribution is -1.76. The van der Waals surface area contributed by atoms with Crippen LogP contribution in [0.15, 0.2) is 58.6 Å². The maximum absolute atomic E-state index is 4.26. The van der Waals surface area contributed by atoms with Crippen LogP contribution in [0.3, 0.4) is 0 Å². The fourth-order valence-electron chi connectivity index (χ4n) is 1.12. The van der Waals surface area contributed by atoms with Gasteiger partial charge in [-0.05, 0) is 40.6 Å². The molecule has 0 bridgehead atoms. The summed E-state index contributed by atoms with van der Waals surface area (Å²) < 4.78 is 0. The normalized spacial score (nSPS) is 10.3. The minimum absolute atomic E-state index is 0.908. The summed E-state index contributed by atoms with van der Waals surface area (Å²) in [5.74, 6) is 0. The van der Waals surface area contributed by atoms with E-state index in [1.54, 1.807) is 21.6 Å². The van der Waals surface area contributed by atoms with Gasteiger partial charge in [-0.2, -0.15) is 0 Å². The van der Waals surface area contributed by atoms with E-state index in [0.29, 0.717) is 0 Å². The molecule has 1 nitrogen and oxygen atoms in total. The van der Waals surface area contributed by atoms with E-state index < -0.39 is 0 Å². The molecule has 1 aromatic heterocycles. The lowest BCUT2D eigenvalue weighted by atomic mass is 10.2. The van der Waals surface area contributed by atoms with Crippen molar-refractivity contribution in [2.75, 3.05) is 0 Å². The average Bonchev–Trinajstić information content (AvgIpc) is 2.38. The lowest BCUT2D eigenvalue weighted by Gasteiger charge is -2.01. The molecule has 2 rings (SSSR count). The molecule has 0 saturated heterocycles. The topological polar surface area (TPSA) is 12.9 Å². The third kappa shape index (κ3) is 3.54. The van der Waals surface area contributed by atoms with Gasteiger partial charge < -0.3 is 0 Å². The molecule has 0 saturated carbocycles. The third-order valence-electron chi connectivity index (χ3n) is 1.94. The third-order valence-corrected chi connectivity index (χ3v) is 4.89. The fourth-order valence-corrected chi connectivity index (χ4v) is 3.34. The molecule has 16 heavy (non-hydrogen) atoms. The van der Waals surface area contributed by atoms with Crippen molar-refractivity contribution >= 4 is 37.5 Å². The SMILES string of the molecule is BrCc1ccc(SSc2ccccn2)cc1. The van der Waals surface area contributed by atoms with Crippen LogP contribution in [-0.2, 0) is 5.33 Å². The molecule has 0 radical (unpaired) electrons. The summed E-state index contributed by atoms with van der Waals surface area (Å²) in [6.45, 7) is 0. The van der Waals surface area contributed by atoms with Gasteiger partial charge in [0.15, 0.2) is 0 Å². The zero-order valence-electron chi connectivity index (χ0n) is 8.47. The maximum Gasteiger partial charge on any atom is 0.107 e. The van der Waals surface area contributed by atoms with Gasteiger partial charge in [0.1, 0.15) is 5.03 Å². The van der Waals surface area contributed by atoms with Gasteiger partial charge in [0.2, 0.25) is 0 Å². The van der Waals surface area contributed by atoms with E-state index in [1.807, 2.05) is 24.4 Å². The number of pyridine rings is 1. The summed E-state index contributed by atoms with van der Waals surface area (Å²) in [7, 11) is 3.41. The number of aromatic nitrogens is 1. The Bertz CT molecular complexity index is 431. The van der Waals surface area contributed by atoms with Crippen molar-refractivity contribution in [3.8, 4) is 0 Å². The summed E-state index contributed by atoms with van der Waals surface area (Å²) in [4.78, 5) is 5.51. The Morgan fingerprint density at radius 1 is 1.00 bits per heavy atom. The summed E-state index contributed by atoms with van der Waals surface area (Å²) in [5, 5.41) is 1.95. The van der Waals surface area contributed by atoms with Crippen molar-refractivity contribution in [1.29, 1.82) is 0 Å². The minimum atomic E-state index is 0.908. The van der Waals surface area contributed by atoms with E-state index in [-0.39, 0.29) is 0 Å².